The van der Waals surface area contributed by atoms with Gasteiger partial charge in [0.25, 0.3) is 0 Å². The maximum Gasteiger partial charge on any atom is 0.303 e. The molecule has 132 valence electrons. The standard InChI is InChI=1S/C20H34O3/c1-13(11-18(22)23)7-8-15-14(2)16(21)12-17-19(3,4)9-6-10-20(15,17)5/h13,15-17,21H,2,6-12H2,1,3-5H3,(H,22,23). The molecule has 0 aromatic heterocycles. The SMILES string of the molecule is C=C1C(O)CC2C(C)(C)CCCC2(C)C1CCC(C)CC(=O)O. The van der Waals surface area contributed by atoms with Crippen LogP contribution in [0.5, 0.6) is 0 Å². The monoisotopic (exact) mass is 322 g/mol. The van der Waals surface area contributed by atoms with Crippen LogP contribution in [0.3, 0.4) is 0 Å². The first-order valence-corrected chi connectivity index (χ1v) is 9.16. The molecular formula is C20H34O3. The first kappa shape index (κ1) is 18.5. The number of carboxylic acids is 1. The zero-order valence-corrected chi connectivity index (χ0v) is 15.3. The lowest BCUT2D eigenvalue weighted by atomic mass is 9.46. The van der Waals surface area contributed by atoms with Crippen molar-refractivity contribution >= 4 is 5.97 Å². The maximum atomic E-state index is 10.9. The Kier molecular flexibility index (Phi) is 5.30. The van der Waals surface area contributed by atoms with Gasteiger partial charge in [0, 0.05) is 6.42 Å². The molecule has 5 atom stereocenters. The third-order valence-electron chi connectivity index (χ3n) is 6.88. The van der Waals surface area contributed by atoms with Crippen LogP contribution in [0.25, 0.3) is 0 Å². The number of hydrogen-bond acceptors (Lipinski definition) is 2. The van der Waals surface area contributed by atoms with Gasteiger partial charge in [-0.3, -0.25) is 4.79 Å². The molecule has 2 rings (SSSR count). The van der Waals surface area contributed by atoms with Crippen molar-refractivity contribution in [3.63, 3.8) is 0 Å². The number of hydrogen-bond donors (Lipinski definition) is 2. The molecule has 23 heavy (non-hydrogen) atoms. The second-order valence-electron chi connectivity index (χ2n) is 9.06. The molecule has 0 radical (unpaired) electrons. The van der Waals surface area contributed by atoms with Crippen LogP contribution in [0.4, 0.5) is 0 Å². The highest BCUT2D eigenvalue weighted by molar-refractivity contribution is 5.66. The van der Waals surface area contributed by atoms with Crippen LogP contribution in [-0.4, -0.2) is 22.3 Å². The van der Waals surface area contributed by atoms with E-state index in [-0.39, 0.29) is 23.2 Å². The van der Waals surface area contributed by atoms with Crippen LogP contribution in [-0.2, 0) is 4.79 Å². The number of rotatable bonds is 5. The molecule has 0 saturated heterocycles. The van der Waals surface area contributed by atoms with E-state index in [1.54, 1.807) is 0 Å². The van der Waals surface area contributed by atoms with Crippen molar-refractivity contribution in [2.75, 3.05) is 0 Å². The summed E-state index contributed by atoms with van der Waals surface area (Å²) < 4.78 is 0. The second kappa shape index (κ2) is 6.58. The molecule has 0 heterocycles. The van der Waals surface area contributed by atoms with Crippen molar-refractivity contribution in [3.8, 4) is 0 Å². The summed E-state index contributed by atoms with van der Waals surface area (Å²) in [5, 5.41) is 19.5. The van der Waals surface area contributed by atoms with E-state index in [1.807, 2.05) is 6.92 Å². The molecule has 0 amide bonds. The van der Waals surface area contributed by atoms with E-state index in [9.17, 15) is 9.90 Å². The Morgan fingerprint density at radius 2 is 2.00 bits per heavy atom. The largest absolute Gasteiger partial charge is 0.481 e. The van der Waals surface area contributed by atoms with E-state index in [4.69, 9.17) is 5.11 Å². The van der Waals surface area contributed by atoms with Crippen molar-refractivity contribution in [1.82, 2.24) is 0 Å². The van der Waals surface area contributed by atoms with Gasteiger partial charge in [0.2, 0.25) is 0 Å². The lowest BCUT2D eigenvalue weighted by Crippen LogP contribution is -2.52. The summed E-state index contributed by atoms with van der Waals surface area (Å²) in [7, 11) is 0. The molecule has 2 saturated carbocycles. The minimum absolute atomic E-state index is 0.179. The zero-order valence-electron chi connectivity index (χ0n) is 15.3. The van der Waals surface area contributed by atoms with E-state index >= 15 is 0 Å². The van der Waals surface area contributed by atoms with Gasteiger partial charge >= 0.3 is 5.97 Å². The number of carbonyl (C=O) groups is 1. The fourth-order valence-corrected chi connectivity index (χ4v) is 5.57. The topological polar surface area (TPSA) is 57.5 Å². The Hall–Kier alpha value is -0.830. The summed E-state index contributed by atoms with van der Waals surface area (Å²) in [5.41, 5.74) is 1.45. The lowest BCUT2D eigenvalue weighted by Gasteiger charge is -2.59. The van der Waals surface area contributed by atoms with Gasteiger partial charge in [-0.05, 0) is 66.3 Å². The van der Waals surface area contributed by atoms with Crippen LogP contribution in [0.1, 0.15) is 72.6 Å². The van der Waals surface area contributed by atoms with Crippen LogP contribution in [0.15, 0.2) is 12.2 Å². The number of carboxylic acid groups (broad SMARTS) is 1. The maximum absolute atomic E-state index is 10.9. The molecule has 2 aliphatic carbocycles. The molecule has 3 heteroatoms. The van der Waals surface area contributed by atoms with E-state index in [1.165, 1.54) is 19.3 Å². The van der Waals surface area contributed by atoms with E-state index in [2.05, 4.69) is 27.4 Å². The van der Waals surface area contributed by atoms with E-state index in [0.717, 1.165) is 24.8 Å². The smallest absolute Gasteiger partial charge is 0.303 e. The Balaban J connectivity index is 2.17. The van der Waals surface area contributed by atoms with Crippen LogP contribution in [0.2, 0.25) is 0 Å². The Morgan fingerprint density at radius 3 is 2.61 bits per heavy atom. The highest BCUT2D eigenvalue weighted by Gasteiger charge is 2.54. The van der Waals surface area contributed by atoms with Crippen molar-refractivity contribution in [1.29, 1.82) is 0 Å². The lowest BCUT2D eigenvalue weighted by molar-refractivity contribution is -0.138. The number of aliphatic hydroxyl groups is 1. The van der Waals surface area contributed by atoms with Crippen LogP contribution >= 0.6 is 0 Å². The van der Waals surface area contributed by atoms with Gasteiger partial charge in [0.15, 0.2) is 0 Å². The average Bonchev–Trinajstić information content (AvgIpc) is 2.40. The van der Waals surface area contributed by atoms with Crippen LogP contribution < -0.4 is 0 Å². The molecule has 0 bridgehead atoms. The zero-order chi connectivity index (χ0) is 17.4. The van der Waals surface area contributed by atoms with Crippen molar-refractivity contribution in [3.05, 3.63) is 12.2 Å². The van der Waals surface area contributed by atoms with Gasteiger partial charge in [0.05, 0.1) is 6.10 Å². The third kappa shape index (κ3) is 3.65. The summed E-state index contributed by atoms with van der Waals surface area (Å²) in [6.07, 6.45) is 6.19. The normalized spacial score (nSPS) is 38.0. The Bertz CT molecular complexity index is 468. The van der Waals surface area contributed by atoms with Gasteiger partial charge in [-0.15, -0.1) is 0 Å². The van der Waals surface area contributed by atoms with Gasteiger partial charge in [-0.25, -0.2) is 0 Å². The molecule has 2 N–H and O–H groups in total. The second-order valence-corrected chi connectivity index (χ2v) is 9.06. The molecule has 5 unspecified atom stereocenters. The minimum Gasteiger partial charge on any atom is -0.481 e. The third-order valence-corrected chi connectivity index (χ3v) is 6.88. The molecule has 0 aromatic rings. The molecule has 3 nitrogen and oxygen atoms in total. The summed E-state index contributed by atoms with van der Waals surface area (Å²) in [4.78, 5) is 10.9. The highest BCUT2D eigenvalue weighted by Crippen LogP contribution is 2.61. The van der Waals surface area contributed by atoms with E-state index in [0.29, 0.717) is 11.8 Å². The predicted molar refractivity (Wildman–Crippen MR) is 93.1 cm³/mol. The van der Waals surface area contributed by atoms with Crippen molar-refractivity contribution < 1.29 is 15.0 Å². The Morgan fingerprint density at radius 1 is 1.35 bits per heavy atom. The first-order chi connectivity index (χ1) is 10.6. The first-order valence-electron chi connectivity index (χ1n) is 9.16. The van der Waals surface area contributed by atoms with Crippen molar-refractivity contribution in [2.24, 2.45) is 28.6 Å². The Labute approximate surface area is 141 Å². The van der Waals surface area contributed by atoms with Gasteiger partial charge in [-0.2, -0.15) is 0 Å². The predicted octanol–water partition coefficient (Wildman–Crippen LogP) is 4.65. The van der Waals surface area contributed by atoms with Gasteiger partial charge < -0.3 is 10.2 Å². The summed E-state index contributed by atoms with van der Waals surface area (Å²) in [6, 6.07) is 0. The fourth-order valence-electron chi connectivity index (χ4n) is 5.57. The van der Waals surface area contributed by atoms with Gasteiger partial charge in [0.1, 0.15) is 0 Å². The molecule has 0 aliphatic heterocycles. The average molecular weight is 322 g/mol. The van der Waals surface area contributed by atoms with E-state index < -0.39 is 12.1 Å². The summed E-state index contributed by atoms with van der Waals surface area (Å²) in [5.74, 6) is 0.289. The fraction of sp³-hybridized carbons (Fsp3) is 0.850. The number of aliphatic carboxylic acids is 1. The molecule has 2 aliphatic rings. The van der Waals surface area contributed by atoms with Gasteiger partial charge in [-0.1, -0.05) is 40.7 Å². The summed E-state index contributed by atoms with van der Waals surface area (Å²) in [6.45, 7) is 13.3. The van der Waals surface area contributed by atoms with Crippen LogP contribution in [0, 0.1) is 28.6 Å². The van der Waals surface area contributed by atoms with Crippen molar-refractivity contribution in [2.45, 2.75) is 78.7 Å². The number of aliphatic hydroxyl groups excluding tert-OH is 1. The minimum atomic E-state index is -0.720. The molecule has 0 aromatic carbocycles. The molecule has 2 fully saturated rings. The highest BCUT2D eigenvalue weighted by atomic mass is 16.4. The quantitative estimate of drug-likeness (QED) is 0.725. The molecular weight excluding hydrogens is 288 g/mol. The summed E-state index contributed by atoms with van der Waals surface area (Å²) >= 11 is 0. The molecule has 0 spiro atoms. The number of fused-ring (bicyclic) bond motifs is 1.